The first-order valence-corrected chi connectivity index (χ1v) is 3.32. The summed E-state index contributed by atoms with van der Waals surface area (Å²) < 4.78 is 12.5. The zero-order valence-corrected chi connectivity index (χ0v) is 5.56. The van der Waals surface area contributed by atoms with E-state index in [1.807, 2.05) is 0 Å². The van der Waals surface area contributed by atoms with E-state index in [0.29, 0.717) is 19.3 Å². The summed E-state index contributed by atoms with van der Waals surface area (Å²) in [4.78, 5) is 10.6. The molecule has 0 unspecified atom stereocenters. The van der Waals surface area contributed by atoms with Crippen molar-refractivity contribution in [2.24, 2.45) is 0 Å². The van der Waals surface area contributed by atoms with Gasteiger partial charge in [0.15, 0.2) is 5.78 Å². The lowest BCUT2D eigenvalue weighted by Crippen LogP contribution is -1.97. The smallest absolute Gasteiger partial charge is 0.203 e. The molecule has 0 heterocycles. The van der Waals surface area contributed by atoms with Crippen LogP contribution in [-0.4, -0.2) is 10.9 Å². The minimum Gasteiger partial charge on any atom is -0.509 e. The molecular formula is C7H9FO2. The van der Waals surface area contributed by atoms with Crippen molar-refractivity contribution in [2.75, 3.05) is 0 Å². The largest absolute Gasteiger partial charge is 0.509 e. The molecule has 1 aliphatic carbocycles. The van der Waals surface area contributed by atoms with Crippen molar-refractivity contribution in [3.05, 3.63) is 11.6 Å². The van der Waals surface area contributed by atoms with E-state index in [1.54, 1.807) is 0 Å². The van der Waals surface area contributed by atoms with Gasteiger partial charge in [0.25, 0.3) is 0 Å². The molecule has 0 aromatic carbocycles. The van der Waals surface area contributed by atoms with Crippen LogP contribution in [0.1, 0.15) is 25.7 Å². The maximum absolute atomic E-state index is 12.5. The fraction of sp³-hybridized carbons (Fsp3) is 0.571. The van der Waals surface area contributed by atoms with E-state index in [2.05, 4.69) is 0 Å². The molecule has 56 valence electrons. The SMILES string of the molecule is O=C1CCCCC(O)=C1F. The van der Waals surface area contributed by atoms with Crippen LogP contribution in [0.25, 0.3) is 0 Å². The lowest BCUT2D eigenvalue weighted by Gasteiger charge is -1.93. The first-order chi connectivity index (χ1) is 4.72. The first kappa shape index (κ1) is 7.25. The number of aliphatic hydroxyl groups is 1. The van der Waals surface area contributed by atoms with E-state index < -0.39 is 11.6 Å². The second kappa shape index (κ2) is 2.82. The molecule has 0 saturated heterocycles. The fourth-order valence-corrected chi connectivity index (χ4v) is 0.958. The molecule has 0 saturated carbocycles. The van der Waals surface area contributed by atoms with Crippen LogP contribution in [0.2, 0.25) is 0 Å². The molecule has 0 bridgehead atoms. The molecular weight excluding hydrogens is 135 g/mol. The molecule has 0 radical (unpaired) electrons. The van der Waals surface area contributed by atoms with Crippen molar-refractivity contribution >= 4 is 5.78 Å². The highest BCUT2D eigenvalue weighted by molar-refractivity contribution is 5.93. The van der Waals surface area contributed by atoms with Crippen LogP contribution in [-0.2, 0) is 4.79 Å². The maximum atomic E-state index is 12.5. The number of carbonyl (C=O) groups is 1. The van der Waals surface area contributed by atoms with Gasteiger partial charge in [0, 0.05) is 12.8 Å². The van der Waals surface area contributed by atoms with Crippen molar-refractivity contribution in [1.82, 2.24) is 0 Å². The molecule has 3 heteroatoms. The number of carbonyl (C=O) groups excluding carboxylic acids is 1. The summed E-state index contributed by atoms with van der Waals surface area (Å²) in [5, 5.41) is 8.81. The summed E-state index contributed by atoms with van der Waals surface area (Å²) in [6.45, 7) is 0. The van der Waals surface area contributed by atoms with Crippen LogP contribution >= 0.6 is 0 Å². The number of hydrogen-bond donors (Lipinski definition) is 1. The van der Waals surface area contributed by atoms with Gasteiger partial charge in [-0.05, 0) is 12.8 Å². The van der Waals surface area contributed by atoms with Gasteiger partial charge < -0.3 is 5.11 Å². The van der Waals surface area contributed by atoms with E-state index in [4.69, 9.17) is 5.11 Å². The Kier molecular flexibility index (Phi) is 2.04. The Bertz CT molecular complexity index is 184. The standard InChI is InChI=1S/C7H9FO2/c8-7-5(9)3-1-2-4-6(7)10/h9H,1-4H2. The van der Waals surface area contributed by atoms with Crippen LogP contribution in [0, 0.1) is 0 Å². The highest BCUT2D eigenvalue weighted by Gasteiger charge is 2.17. The fourth-order valence-electron chi connectivity index (χ4n) is 0.958. The minimum absolute atomic E-state index is 0.232. The maximum Gasteiger partial charge on any atom is 0.203 e. The van der Waals surface area contributed by atoms with Crippen LogP contribution in [0.15, 0.2) is 11.6 Å². The van der Waals surface area contributed by atoms with E-state index in [1.165, 1.54) is 0 Å². The Balaban J connectivity index is 2.79. The molecule has 2 nitrogen and oxygen atoms in total. The van der Waals surface area contributed by atoms with E-state index in [-0.39, 0.29) is 12.2 Å². The second-order valence-corrected chi connectivity index (χ2v) is 2.39. The normalized spacial score (nSPS) is 21.1. The molecule has 1 rings (SSSR count). The average Bonchev–Trinajstić information content (AvgIpc) is 2.04. The Morgan fingerprint density at radius 3 is 2.60 bits per heavy atom. The van der Waals surface area contributed by atoms with Crippen molar-refractivity contribution < 1.29 is 14.3 Å². The number of halogens is 1. The van der Waals surface area contributed by atoms with Crippen LogP contribution < -0.4 is 0 Å². The minimum atomic E-state index is -0.933. The van der Waals surface area contributed by atoms with Crippen molar-refractivity contribution in [3.8, 4) is 0 Å². The highest BCUT2D eigenvalue weighted by atomic mass is 19.1. The molecule has 0 atom stereocenters. The molecule has 0 amide bonds. The zero-order valence-electron chi connectivity index (χ0n) is 5.56. The highest BCUT2D eigenvalue weighted by Crippen LogP contribution is 2.19. The van der Waals surface area contributed by atoms with Gasteiger partial charge in [-0.25, -0.2) is 0 Å². The van der Waals surface area contributed by atoms with Crippen LogP contribution in [0.5, 0.6) is 0 Å². The summed E-state index contributed by atoms with van der Waals surface area (Å²) in [5.41, 5.74) is 0. The predicted molar refractivity (Wildman–Crippen MR) is 34.2 cm³/mol. The summed E-state index contributed by atoms with van der Waals surface area (Å²) in [6.07, 6.45) is 1.91. The first-order valence-electron chi connectivity index (χ1n) is 3.32. The number of aliphatic hydroxyl groups excluding tert-OH is 1. The molecule has 1 N–H and O–H groups in total. The van der Waals surface area contributed by atoms with Crippen molar-refractivity contribution in [3.63, 3.8) is 0 Å². The quantitative estimate of drug-likeness (QED) is 0.563. The van der Waals surface area contributed by atoms with Gasteiger partial charge in [0.1, 0.15) is 5.76 Å². The molecule has 1 aliphatic rings. The zero-order chi connectivity index (χ0) is 7.56. The summed E-state index contributed by atoms with van der Waals surface area (Å²) >= 11 is 0. The number of rotatable bonds is 0. The Labute approximate surface area is 58.4 Å². The Morgan fingerprint density at radius 2 is 1.90 bits per heavy atom. The number of allylic oxidation sites excluding steroid dienone is 2. The monoisotopic (exact) mass is 144 g/mol. The van der Waals surface area contributed by atoms with E-state index >= 15 is 0 Å². The molecule has 0 aromatic heterocycles. The van der Waals surface area contributed by atoms with Gasteiger partial charge in [0.2, 0.25) is 5.83 Å². The third kappa shape index (κ3) is 1.35. The lowest BCUT2D eigenvalue weighted by atomic mass is 10.2. The van der Waals surface area contributed by atoms with E-state index in [0.717, 1.165) is 0 Å². The average molecular weight is 144 g/mol. The molecule has 0 aromatic rings. The number of hydrogen-bond acceptors (Lipinski definition) is 2. The van der Waals surface area contributed by atoms with Crippen LogP contribution in [0.3, 0.4) is 0 Å². The Morgan fingerprint density at radius 1 is 1.30 bits per heavy atom. The Hall–Kier alpha value is -0.860. The van der Waals surface area contributed by atoms with Gasteiger partial charge in [-0.2, -0.15) is 4.39 Å². The second-order valence-electron chi connectivity index (χ2n) is 2.39. The number of ketones is 1. The van der Waals surface area contributed by atoms with Gasteiger partial charge in [-0.15, -0.1) is 0 Å². The third-order valence-electron chi connectivity index (χ3n) is 1.57. The third-order valence-corrected chi connectivity index (χ3v) is 1.57. The van der Waals surface area contributed by atoms with Gasteiger partial charge in [-0.3, -0.25) is 4.79 Å². The molecule has 0 spiro atoms. The van der Waals surface area contributed by atoms with E-state index in [9.17, 15) is 9.18 Å². The van der Waals surface area contributed by atoms with Gasteiger partial charge >= 0.3 is 0 Å². The predicted octanol–water partition coefficient (Wildman–Crippen LogP) is 1.87. The molecule has 0 aliphatic heterocycles. The molecule has 0 fully saturated rings. The van der Waals surface area contributed by atoms with Crippen molar-refractivity contribution in [2.45, 2.75) is 25.7 Å². The lowest BCUT2D eigenvalue weighted by molar-refractivity contribution is -0.117. The summed E-state index contributed by atoms with van der Waals surface area (Å²) in [7, 11) is 0. The van der Waals surface area contributed by atoms with Crippen LogP contribution in [0.4, 0.5) is 4.39 Å². The number of Topliss-reactive ketones (excluding diaryl/α,β-unsaturated/α-hetero) is 1. The van der Waals surface area contributed by atoms with Gasteiger partial charge in [-0.1, -0.05) is 0 Å². The van der Waals surface area contributed by atoms with Gasteiger partial charge in [0.05, 0.1) is 0 Å². The molecule has 10 heavy (non-hydrogen) atoms. The topological polar surface area (TPSA) is 37.3 Å². The summed E-state index contributed by atoms with van der Waals surface area (Å²) in [6, 6.07) is 0. The summed E-state index contributed by atoms with van der Waals surface area (Å²) in [5.74, 6) is -1.87. The van der Waals surface area contributed by atoms with Crippen molar-refractivity contribution in [1.29, 1.82) is 0 Å².